The number of hydrogen-bond acceptors (Lipinski definition) is 6. The summed E-state index contributed by atoms with van der Waals surface area (Å²) in [5.74, 6) is 0.130. The number of rotatable bonds is 4. The highest BCUT2D eigenvalue weighted by molar-refractivity contribution is 6.02. The van der Waals surface area contributed by atoms with Crippen LogP contribution in [0.2, 0.25) is 0 Å². The normalized spacial score (nSPS) is 18.6. The lowest BCUT2D eigenvalue weighted by Crippen LogP contribution is -2.61. The molecule has 1 N–H and O–H groups in total. The molecule has 36 heavy (non-hydrogen) atoms. The van der Waals surface area contributed by atoms with Gasteiger partial charge in [-0.05, 0) is 63.6 Å². The molecule has 2 atom stereocenters. The fraction of sp³-hybridized carbons (Fsp3) is 0.333. The molecular formula is C27H29FN6O2. The maximum atomic E-state index is 14.1. The average molecular weight is 489 g/mol. The molecule has 3 aromatic heterocycles. The number of piperazine rings is 1. The minimum atomic E-state index is -1.44. The van der Waals surface area contributed by atoms with Gasteiger partial charge in [0.1, 0.15) is 23.6 Å². The quantitative estimate of drug-likeness (QED) is 0.470. The van der Waals surface area contributed by atoms with Crippen LogP contribution in [0.3, 0.4) is 0 Å². The number of aliphatic hydroxyl groups is 1. The van der Waals surface area contributed by atoms with Gasteiger partial charge in [0, 0.05) is 55.0 Å². The van der Waals surface area contributed by atoms with Gasteiger partial charge < -0.3 is 19.5 Å². The highest BCUT2D eigenvalue weighted by Gasteiger charge is 2.39. The highest BCUT2D eigenvalue weighted by Crippen LogP contribution is 2.38. The Morgan fingerprint density at radius 3 is 2.53 bits per heavy atom. The van der Waals surface area contributed by atoms with Crippen LogP contribution in [-0.2, 0) is 4.79 Å². The first-order valence-electron chi connectivity index (χ1n) is 12.0. The first-order chi connectivity index (χ1) is 17.1. The van der Waals surface area contributed by atoms with Gasteiger partial charge in [-0.1, -0.05) is 6.07 Å². The Morgan fingerprint density at radius 2 is 1.83 bits per heavy atom. The van der Waals surface area contributed by atoms with Crippen LogP contribution >= 0.6 is 0 Å². The Morgan fingerprint density at radius 1 is 1.08 bits per heavy atom. The third-order valence-electron chi connectivity index (χ3n) is 6.68. The van der Waals surface area contributed by atoms with Crippen molar-refractivity contribution in [3.05, 3.63) is 67.1 Å². The van der Waals surface area contributed by atoms with Crippen molar-refractivity contribution in [2.75, 3.05) is 18.0 Å². The summed E-state index contributed by atoms with van der Waals surface area (Å²) in [7, 11) is 0. The van der Waals surface area contributed by atoms with E-state index in [0.29, 0.717) is 24.4 Å². The summed E-state index contributed by atoms with van der Waals surface area (Å²) < 4.78 is 16.0. The van der Waals surface area contributed by atoms with Gasteiger partial charge in [0.05, 0.1) is 5.39 Å². The Balaban J connectivity index is 1.65. The van der Waals surface area contributed by atoms with Crippen molar-refractivity contribution >= 4 is 22.8 Å². The molecule has 0 radical (unpaired) electrons. The number of carbonyl (C=O) groups is 1. The van der Waals surface area contributed by atoms with E-state index >= 15 is 0 Å². The lowest BCUT2D eigenvalue weighted by Gasteiger charge is -2.46. The molecule has 4 heterocycles. The Bertz CT molecular complexity index is 1420. The molecule has 1 fully saturated rings. The maximum absolute atomic E-state index is 14.1. The zero-order valence-electron chi connectivity index (χ0n) is 20.8. The molecule has 186 valence electrons. The Labute approximate surface area is 209 Å². The van der Waals surface area contributed by atoms with Crippen molar-refractivity contribution in [3.63, 3.8) is 0 Å². The van der Waals surface area contributed by atoms with Gasteiger partial charge in [0.25, 0.3) is 5.91 Å². The number of nitrogens with zero attached hydrogens (tertiary/aromatic N) is 6. The number of aromatic nitrogens is 4. The predicted molar refractivity (Wildman–Crippen MR) is 136 cm³/mol. The van der Waals surface area contributed by atoms with Crippen LogP contribution in [0.25, 0.3) is 27.8 Å². The highest BCUT2D eigenvalue weighted by atomic mass is 19.1. The molecule has 1 aromatic carbocycles. The second-order valence-corrected chi connectivity index (χ2v) is 9.89. The molecule has 0 aliphatic carbocycles. The van der Waals surface area contributed by atoms with Crippen LogP contribution in [0.15, 0.2) is 61.3 Å². The molecule has 5 rings (SSSR count). The zero-order valence-corrected chi connectivity index (χ0v) is 20.8. The van der Waals surface area contributed by atoms with E-state index in [1.807, 2.05) is 42.8 Å². The van der Waals surface area contributed by atoms with Gasteiger partial charge in [-0.3, -0.25) is 9.78 Å². The summed E-state index contributed by atoms with van der Waals surface area (Å²) in [6, 6.07) is 10.1. The van der Waals surface area contributed by atoms with Crippen LogP contribution in [0, 0.1) is 5.82 Å². The van der Waals surface area contributed by atoms with E-state index in [-0.39, 0.29) is 23.8 Å². The van der Waals surface area contributed by atoms with Gasteiger partial charge in [0.15, 0.2) is 5.65 Å². The minimum absolute atomic E-state index is 0.0617. The fourth-order valence-electron chi connectivity index (χ4n) is 4.89. The number of anilines is 1. The number of benzene rings is 1. The van der Waals surface area contributed by atoms with Gasteiger partial charge in [0.2, 0.25) is 0 Å². The summed E-state index contributed by atoms with van der Waals surface area (Å²) in [6.45, 7) is 8.04. The Kier molecular flexibility index (Phi) is 5.96. The van der Waals surface area contributed by atoms with E-state index in [2.05, 4.69) is 14.9 Å². The molecular weight excluding hydrogens is 459 g/mol. The fourth-order valence-corrected chi connectivity index (χ4v) is 4.89. The van der Waals surface area contributed by atoms with Gasteiger partial charge >= 0.3 is 0 Å². The van der Waals surface area contributed by atoms with E-state index < -0.39 is 5.60 Å². The predicted octanol–water partition coefficient (Wildman–Crippen LogP) is 3.82. The molecule has 8 nitrogen and oxygen atoms in total. The standard InChI is InChI=1S/C27H29FN6O2/c1-17-14-33(26(35)27(3,4)36)18(2)13-32(17)24-23-22(19-8-10-29-11-9-19)15-34(25(23)31-16-30-24)21-7-5-6-20(28)12-21/h5-12,15-18,36H,13-14H2,1-4H3/t17-,18+/m0/s1. The lowest BCUT2D eigenvalue weighted by molar-refractivity contribution is -0.151. The summed E-state index contributed by atoms with van der Waals surface area (Å²) in [5, 5.41) is 11.1. The van der Waals surface area contributed by atoms with E-state index in [1.54, 1.807) is 23.4 Å². The monoisotopic (exact) mass is 488 g/mol. The SMILES string of the molecule is C[C@@H]1CN(c2ncnc3c2c(-c2ccncc2)cn3-c2cccc(F)c2)[C@@H](C)CN1C(=O)C(C)(C)O. The van der Waals surface area contributed by atoms with Gasteiger partial charge in [-0.2, -0.15) is 0 Å². The molecule has 1 aliphatic heterocycles. The topological polar surface area (TPSA) is 87.4 Å². The zero-order chi connectivity index (χ0) is 25.6. The van der Waals surface area contributed by atoms with Crippen LogP contribution in [0.5, 0.6) is 0 Å². The smallest absolute Gasteiger partial charge is 0.254 e. The van der Waals surface area contributed by atoms with Crippen molar-refractivity contribution in [1.82, 2.24) is 24.4 Å². The summed E-state index contributed by atoms with van der Waals surface area (Å²) in [6.07, 6.45) is 6.94. The molecule has 0 saturated carbocycles. The molecule has 0 unspecified atom stereocenters. The van der Waals surface area contributed by atoms with Crippen LogP contribution in [0.1, 0.15) is 27.7 Å². The van der Waals surface area contributed by atoms with Crippen molar-refractivity contribution in [2.24, 2.45) is 0 Å². The number of fused-ring (bicyclic) bond motifs is 1. The van der Waals surface area contributed by atoms with E-state index in [4.69, 9.17) is 4.98 Å². The second kappa shape index (κ2) is 8.98. The minimum Gasteiger partial charge on any atom is -0.381 e. The third-order valence-corrected chi connectivity index (χ3v) is 6.68. The summed E-state index contributed by atoms with van der Waals surface area (Å²) >= 11 is 0. The second-order valence-electron chi connectivity index (χ2n) is 9.89. The van der Waals surface area contributed by atoms with E-state index in [1.165, 1.54) is 32.3 Å². The molecule has 9 heteroatoms. The maximum Gasteiger partial charge on any atom is 0.254 e. The first-order valence-corrected chi connectivity index (χ1v) is 12.0. The van der Waals surface area contributed by atoms with Crippen molar-refractivity contribution in [3.8, 4) is 16.8 Å². The first kappa shape index (κ1) is 23.9. The van der Waals surface area contributed by atoms with E-state index in [0.717, 1.165) is 22.3 Å². The largest absolute Gasteiger partial charge is 0.381 e. The van der Waals surface area contributed by atoms with Crippen LogP contribution < -0.4 is 4.90 Å². The number of amides is 1. The molecule has 0 bridgehead atoms. The number of hydrogen-bond donors (Lipinski definition) is 1. The van der Waals surface area contributed by atoms with E-state index in [9.17, 15) is 14.3 Å². The van der Waals surface area contributed by atoms with Crippen LogP contribution in [-0.4, -0.2) is 66.2 Å². The molecule has 1 saturated heterocycles. The van der Waals surface area contributed by atoms with Gasteiger partial charge in [-0.25, -0.2) is 14.4 Å². The average Bonchev–Trinajstić information content (AvgIpc) is 3.25. The lowest BCUT2D eigenvalue weighted by atomic mass is 10.0. The summed E-state index contributed by atoms with van der Waals surface area (Å²) in [4.78, 5) is 30.2. The third kappa shape index (κ3) is 4.19. The molecule has 0 spiro atoms. The summed E-state index contributed by atoms with van der Waals surface area (Å²) in [5.41, 5.74) is 1.73. The number of halogens is 1. The molecule has 1 amide bonds. The van der Waals surface area contributed by atoms with Crippen molar-refractivity contribution in [2.45, 2.75) is 45.4 Å². The number of pyridine rings is 1. The van der Waals surface area contributed by atoms with Crippen LogP contribution in [0.4, 0.5) is 10.2 Å². The van der Waals surface area contributed by atoms with Crippen molar-refractivity contribution in [1.29, 1.82) is 0 Å². The van der Waals surface area contributed by atoms with Crippen molar-refractivity contribution < 1.29 is 14.3 Å². The Hall–Kier alpha value is -3.85. The molecule has 4 aromatic rings. The molecule has 1 aliphatic rings. The number of carbonyl (C=O) groups excluding carboxylic acids is 1. The van der Waals surface area contributed by atoms with Gasteiger partial charge in [-0.15, -0.1) is 0 Å².